The number of carbonyl (C=O) groups is 3. The molecule has 0 unspecified atom stereocenters. The van der Waals surface area contributed by atoms with Crippen molar-refractivity contribution in [1.29, 1.82) is 0 Å². The quantitative estimate of drug-likeness (QED) is 0.0901. The Kier molecular flexibility index (Phi) is 13.0. The number of benzene rings is 3. The molecule has 0 fully saturated rings. The lowest BCUT2D eigenvalue weighted by Gasteiger charge is -2.14. The summed E-state index contributed by atoms with van der Waals surface area (Å²) in [6.07, 6.45) is 0. The molecule has 0 aliphatic rings. The molecule has 0 bridgehead atoms. The molecule has 9 nitrogen and oxygen atoms in total. The molecule has 0 aromatic heterocycles. The number of carbonyl (C=O) groups excluding carboxylic acids is 3. The zero-order valence-electron chi connectivity index (χ0n) is 21.4. The van der Waals surface area contributed by atoms with Crippen molar-refractivity contribution >= 4 is 35.2 Å². The van der Waals surface area contributed by atoms with Crippen LogP contribution >= 0.6 is 11.8 Å². The van der Waals surface area contributed by atoms with Gasteiger partial charge in [0.05, 0.1) is 6.54 Å². The lowest BCUT2D eigenvalue weighted by atomic mass is 10.1. The molecular weight excluding hydrogens is 571 g/mol. The van der Waals surface area contributed by atoms with Crippen molar-refractivity contribution in [2.45, 2.75) is 30.4 Å². The number of thioether (sulfide) groups is 1. The standard InChI is InChI=1S/C28H26F3N5O4S.CH4/c29-28(30,31)41-23-13-7-20(8-14-23)16-33-17-25(37)34-22-11-5-19(6-12-22)2-1-18-3-9-21(10-4-18)26(38)35-24(15-32)27(39)36-40;/h3-14,24,33,40H,15-17,32H2,(H,34,37)(H,35,38)(H,36,39);1H4/t24-;/m0./s1. The van der Waals surface area contributed by atoms with Gasteiger partial charge in [0.1, 0.15) is 6.04 Å². The van der Waals surface area contributed by atoms with E-state index in [0.717, 1.165) is 5.56 Å². The number of hydrogen-bond acceptors (Lipinski definition) is 7. The summed E-state index contributed by atoms with van der Waals surface area (Å²) >= 11 is -0.179. The highest BCUT2D eigenvalue weighted by Gasteiger charge is 2.29. The van der Waals surface area contributed by atoms with Crippen LogP contribution in [0, 0.1) is 11.8 Å². The first kappa shape index (κ1) is 33.9. The molecule has 13 heteroatoms. The molecule has 0 aliphatic carbocycles. The molecule has 0 radical (unpaired) electrons. The highest BCUT2D eigenvalue weighted by atomic mass is 32.2. The number of nitrogens with one attached hydrogen (secondary N) is 4. The number of amides is 3. The van der Waals surface area contributed by atoms with E-state index in [1.807, 2.05) is 0 Å². The fourth-order valence-electron chi connectivity index (χ4n) is 3.37. The number of alkyl halides is 3. The Bertz CT molecular complexity index is 1400. The fourth-order valence-corrected chi connectivity index (χ4v) is 3.91. The van der Waals surface area contributed by atoms with Crippen molar-refractivity contribution in [3.8, 4) is 11.8 Å². The summed E-state index contributed by atoms with van der Waals surface area (Å²) < 4.78 is 37.2. The maximum Gasteiger partial charge on any atom is 0.446 e. The lowest BCUT2D eigenvalue weighted by Crippen LogP contribution is -2.50. The molecule has 0 saturated heterocycles. The number of rotatable bonds is 10. The van der Waals surface area contributed by atoms with E-state index in [-0.39, 0.29) is 48.6 Å². The minimum Gasteiger partial charge on any atom is -0.339 e. The summed E-state index contributed by atoms with van der Waals surface area (Å²) in [5.74, 6) is 4.32. The minimum absolute atomic E-state index is 0. The van der Waals surface area contributed by atoms with E-state index in [0.29, 0.717) is 23.4 Å². The van der Waals surface area contributed by atoms with E-state index in [9.17, 15) is 27.6 Å². The van der Waals surface area contributed by atoms with Gasteiger partial charge in [-0.25, -0.2) is 5.48 Å². The van der Waals surface area contributed by atoms with Crippen LogP contribution in [-0.2, 0) is 16.1 Å². The zero-order chi connectivity index (χ0) is 29.8. The zero-order valence-corrected chi connectivity index (χ0v) is 22.2. The van der Waals surface area contributed by atoms with E-state index in [1.165, 1.54) is 17.6 Å². The summed E-state index contributed by atoms with van der Waals surface area (Å²) in [7, 11) is 0. The van der Waals surface area contributed by atoms with Gasteiger partial charge in [-0.05, 0) is 78.0 Å². The van der Waals surface area contributed by atoms with Crippen LogP contribution < -0.4 is 27.2 Å². The van der Waals surface area contributed by atoms with Crippen LogP contribution in [-0.4, -0.2) is 47.6 Å². The van der Waals surface area contributed by atoms with E-state index >= 15 is 0 Å². The predicted molar refractivity (Wildman–Crippen MR) is 155 cm³/mol. The van der Waals surface area contributed by atoms with Gasteiger partial charge < -0.3 is 21.7 Å². The van der Waals surface area contributed by atoms with E-state index < -0.39 is 23.4 Å². The Morgan fingerprint density at radius 3 is 2.00 bits per heavy atom. The second-order valence-electron chi connectivity index (χ2n) is 8.49. The van der Waals surface area contributed by atoms with Gasteiger partial charge in [0.25, 0.3) is 11.8 Å². The second-order valence-corrected chi connectivity index (χ2v) is 9.62. The van der Waals surface area contributed by atoms with Gasteiger partial charge in [-0.1, -0.05) is 31.4 Å². The van der Waals surface area contributed by atoms with Crippen LogP contribution in [0.4, 0.5) is 18.9 Å². The van der Waals surface area contributed by atoms with E-state index in [2.05, 4.69) is 27.8 Å². The molecule has 3 amide bonds. The number of anilines is 1. The van der Waals surface area contributed by atoms with Gasteiger partial charge in [-0.15, -0.1) is 0 Å². The third-order valence-corrected chi connectivity index (χ3v) is 6.15. The van der Waals surface area contributed by atoms with Crippen molar-refractivity contribution in [3.05, 3.63) is 95.1 Å². The minimum atomic E-state index is -4.34. The van der Waals surface area contributed by atoms with Crippen LogP contribution in [0.2, 0.25) is 0 Å². The second kappa shape index (κ2) is 16.2. The number of hydroxylamine groups is 1. The first-order valence-electron chi connectivity index (χ1n) is 12.1. The smallest absolute Gasteiger partial charge is 0.339 e. The van der Waals surface area contributed by atoms with Crippen molar-refractivity contribution in [3.63, 3.8) is 0 Å². The fraction of sp³-hybridized carbons (Fsp3) is 0.207. The molecule has 7 N–H and O–H groups in total. The molecule has 3 aromatic rings. The Morgan fingerprint density at radius 1 is 0.905 bits per heavy atom. The van der Waals surface area contributed by atoms with Gasteiger partial charge in [-0.3, -0.25) is 19.6 Å². The van der Waals surface area contributed by atoms with Crippen LogP contribution in [0.5, 0.6) is 0 Å². The molecule has 0 aliphatic heterocycles. The first-order valence-corrected chi connectivity index (χ1v) is 12.9. The highest BCUT2D eigenvalue weighted by molar-refractivity contribution is 8.00. The van der Waals surface area contributed by atoms with Crippen LogP contribution in [0.15, 0.2) is 77.7 Å². The monoisotopic (exact) mass is 601 g/mol. The van der Waals surface area contributed by atoms with Gasteiger partial charge in [0.15, 0.2) is 0 Å². The Hall–Kier alpha value is -4.35. The SMILES string of the molecule is C.NC[C@H](NC(=O)c1ccc(C#Cc2ccc(NC(=O)CNCc3ccc(SC(F)(F)F)cc3)cc2)cc1)C(=O)NO. The number of hydrogen-bond donors (Lipinski definition) is 6. The topological polar surface area (TPSA) is 146 Å². The molecule has 0 spiro atoms. The van der Waals surface area contributed by atoms with Gasteiger partial charge in [-0.2, -0.15) is 13.2 Å². The Morgan fingerprint density at radius 2 is 1.48 bits per heavy atom. The van der Waals surface area contributed by atoms with Crippen molar-refractivity contribution in [2.75, 3.05) is 18.4 Å². The van der Waals surface area contributed by atoms with Gasteiger partial charge >= 0.3 is 5.51 Å². The van der Waals surface area contributed by atoms with Gasteiger partial charge in [0.2, 0.25) is 5.91 Å². The molecule has 1 atom stereocenters. The van der Waals surface area contributed by atoms with Gasteiger partial charge in [0, 0.05) is 40.4 Å². The number of nitrogens with two attached hydrogens (primary N) is 1. The summed E-state index contributed by atoms with van der Waals surface area (Å²) in [5, 5.41) is 16.8. The molecule has 3 aromatic carbocycles. The number of halogens is 3. The van der Waals surface area contributed by atoms with Crippen molar-refractivity contribution < 1.29 is 32.8 Å². The molecule has 3 rings (SSSR count). The van der Waals surface area contributed by atoms with Crippen molar-refractivity contribution in [2.24, 2.45) is 5.73 Å². The van der Waals surface area contributed by atoms with Crippen molar-refractivity contribution in [1.82, 2.24) is 16.1 Å². The average molecular weight is 602 g/mol. The maximum atomic E-state index is 12.4. The summed E-state index contributed by atoms with van der Waals surface area (Å²) in [6, 6.07) is 18.1. The Labute approximate surface area is 245 Å². The van der Waals surface area contributed by atoms with E-state index in [1.54, 1.807) is 60.7 Å². The normalized spacial score (nSPS) is 11.3. The summed E-state index contributed by atoms with van der Waals surface area (Å²) in [4.78, 5) is 36.1. The molecular formula is C29H30F3N5O4S. The third-order valence-electron chi connectivity index (χ3n) is 5.41. The molecule has 0 heterocycles. The lowest BCUT2D eigenvalue weighted by molar-refractivity contribution is -0.130. The summed E-state index contributed by atoms with van der Waals surface area (Å²) in [6.45, 7) is 0.143. The van der Waals surface area contributed by atoms with Crippen LogP contribution in [0.1, 0.15) is 34.5 Å². The molecule has 0 saturated carbocycles. The molecule has 222 valence electrons. The van der Waals surface area contributed by atoms with Crippen LogP contribution in [0.3, 0.4) is 0 Å². The maximum absolute atomic E-state index is 12.4. The van der Waals surface area contributed by atoms with E-state index in [4.69, 9.17) is 10.9 Å². The third kappa shape index (κ3) is 11.3. The predicted octanol–water partition coefficient (Wildman–Crippen LogP) is 3.63. The Balaban J connectivity index is 0.00000616. The largest absolute Gasteiger partial charge is 0.446 e. The summed E-state index contributed by atoms with van der Waals surface area (Å²) in [5.41, 5.74) is 5.47. The first-order chi connectivity index (χ1) is 19.6. The highest BCUT2D eigenvalue weighted by Crippen LogP contribution is 2.36. The van der Waals surface area contributed by atoms with Crippen LogP contribution in [0.25, 0.3) is 0 Å². The molecule has 42 heavy (non-hydrogen) atoms. The average Bonchev–Trinajstić information content (AvgIpc) is 2.95.